The van der Waals surface area contributed by atoms with Crippen molar-refractivity contribution < 1.29 is 9.18 Å². The molecule has 0 atom stereocenters. The maximum atomic E-state index is 12.2. The average Bonchev–Trinajstić information content (AvgIpc) is 1.88. The number of halogens is 2. The smallest absolute Gasteiger partial charge is 0.270 e. The largest absolute Gasteiger partial charge is 0.274 e. The van der Waals surface area contributed by atoms with E-state index >= 15 is 0 Å². The van der Waals surface area contributed by atoms with Crippen molar-refractivity contribution >= 4 is 16.8 Å². The molecule has 0 aliphatic heterocycles. The van der Waals surface area contributed by atoms with Crippen LogP contribution in [-0.4, -0.2) is 10.2 Å². The minimum atomic E-state index is -0.750. The SMILES string of the molecule is O=C(Cl)c1cccc(F)n1. The summed E-state index contributed by atoms with van der Waals surface area (Å²) in [5.41, 5.74) is -0.0679. The molecule has 0 aromatic carbocycles. The van der Waals surface area contributed by atoms with E-state index in [9.17, 15) is 9.18 Å². The minimum Gasteiger partial charge on any atom is -0.274 e. The van der Waals surface area contributed by atoms with Gasteiger partial charge in [0.2, 0.25) is 5.95 Å². The van der Waals surface area contributed by atoms with Crippen molar-refractivity contribution in [3.8, 4) is 0 Å². The minimum absolute atomic E-state index is 0.0679. The van der Waals surface area contributed by atoms with Crippen LogP contribution in [-0.2, 0) is 0 Å². The summed E-state index contributed by atoms with van der Waals surface area (Å²) < 4.78 is 12.2. The molecule has 1 heterocycles. The summed E-state index contributed by atoms with van der Waals surface area (Å²) in [5, 5.41) is -0.750. The molecule has 0 amide bonds. The van der Waals surface area contributed by atoms with E-state index in [-0.39, 0.29) is 5.69 Å². The Balaban J connectivity index is 3.07. The van der Waals surface area contributed by atoms with E-state index in [0.29, 0.717) is 0 Å². The summed E-state index contributed by atoms with van der Waals surface area (Å²) in [6.45, 7) is 0. The Morgan fingerprint density at radius 2 is 2.30 bits per heavy atom. The van der Waals surface area contributed by atoms with E-state index in [4.69, 9.17) is 11.6 Å². The van der Waals surface area contributed by atoms with Gasteiger partial charge in [0, 0.05) is 0 Å². The second-order valence-electron chi connectivity index (χ2n) is 1.62. The fourth-order valence-corrected chi connectivity index (χ4v) is 0.623. The summed E-state index contributed by atoms with van der Waals surface area (Å²) in [6.07, 6.45) is 0. The first-order valence-corrected chi connectivity index (χ1v) is 2.90. The molecule has 1 aromatic rings. The van der Waals surface area contributed by atoms with Crippen LogP contribution in [0, 0.1) is 5.95 Å². The Bertz CT molecular complexity index is 264. The fourth-order valence-electron chi connectivity index (χ4n) is 0.518. The topological polar surface area (TPSA) is 30.0 Å². The van der Waals surface area contributed by atoms with E-state index < -0.39 is 11.2 Å². The molecule has 52 valence electrons. The maximum Gasteiger partial charge on any atom is 0.270 e. The van der Waals surface area contributed by atoms with Gasteiger partial charge in [-0.3, -0.25) is 4.79 Å². The lowest BCUT2D eigenvalue weighted by atomic mass is 10.4. The molecular weight excluding hydrogens is 157 g/mol. The first-order valence-electron chi connectivity index (χ1n) is 2.52. The zero-order valence-electron chi connectivity index (χ0n) is 4.84. The Kier molecular flexibility index (Phi) is 1.97. The molecule has 1 aromatic heterocycles. The van der Waals surface area contributed by atoms with Crippen molar-refractivity contribution in [2.45, 2.75) is 0 Å². The van der Waals surface area contributed by atoms with E-state index in [0.717, 1.165) is 6.07 Å². The van der Waals surface area contributed by atoms with E-state index in [1.54, 1.807) is 0 Å². The molecule has 4 heteroatoms. The molecule has 2 nitrogen and oxygen atoms in total. The number of pyridine rings is 1. The first kappa shape index (κ1) is 7.15. The van der Waals surface area contributed by atoms with Gasteiger partial charge in [0.1, 0.15) is 5.69 Å². The van der Waals surface area contributed by atoms with Gasteiger partial charge >= 0.3 is 0 Å². The number of hydrogen-bond donors (Lipinski definition) is 0. The number of carbonyl (C=O) groups is 1. The number of carbonyl (C=O) groups excluding carboxylic acids is 1. The van der Waals surface area contributed by atoms with Gasteiger partial charge in [-0.25, -0.2) is 4.98 Å². The van der Waals surface area contributed by atoms with Crippen LogP contribution >= 0.6 is 11.6 Å². The molecule has 0 spiro atoms. The molecule has 1 rings (SSSR count). The van der Waals surface area contributed by atoms with Crippen LogP contribution in [0.4, 0.5) is 4.39 Å². The first-order chi connectivity index (χ1) is 4.70. The lowest BCUT2D eigenvalue weighted by molar-refractivity contribution is 0.107. The molecule has 0 radical (unpaired) electrons. The molecule has 0 aliphatic carbocycles. The summed E-state index contributed by atoms with van der Waals surface area (Å²) in [5.74, 6) is -0.702. The van der Waals surface area contributed by atoms with Gasteiger partial charge in [-0.2, -0.15) is 4.39 Å². The lowest BCUT2D eigenvalue weighted by Crippen LogP contribution is -1.94. The van der Waals surface area contributed by atoms with Crippen LogP contribution in [0.15, 0.2) is 18.2 Å². The molecule has 0 aliphatic rings. The van der Waals surface area contributed by atoms with Crippen molar-refractivity contribution in [1.82, 2.24) is 4.98 Å². The third kappa shape index (κ3) is 1.51. The van der Waals surface area contributed by atoms with Gasteiger partial charge in [-0.05, 0) is 23.7 Å². The van der Waals surface area contributed by atoms with Gasteiger partial charge < -0.3 is 0 Å². The molecule has 0 unspecified atom stereocenters. The van der Waals surface area contributed by atoms with Gasteiger partial charge in [-0.1, -0.05) is 6.07 Å². The van der Waals surface area contributed by atoms with Crippen LogP contribution < -0.4 is 0 Å². The second kappa shape index (κ2) is 2.75. The predicted molar refractivity (Wildman–Crippen MR) is 34.4 cm³/mol. The highest BCUT2D eigenvalue weighted by molar-refractivity contribution is 6.67. The Hall–Kier alpha value is -0.960. The zero-order valence-corrected chi connectivity index (χ0v) is 5.60. The number of nitrogens with zero attached hydrogens (tertiary/aromatic N) is 1. The fraction of sp³-hybridized carbons (Fsp3) is 0. The highest BCUT2D eigenvalue weighted by atomic mass is 35.5. The molecule has 0 saturated carbocycles. The molecule has 0 saturated heterocycles. The van der Waals surface area contributed by atoms with E-state index in [1.807, 2.05) is 0 Å². The monoisotopic (exact) mass is 159 g/mol. The molecule has 0 N–H and O–H groups in total. The average molecular weight is 160 g/mol. The Morgan fingerprint density at radius 1 is 1.60 bits per heavy atom. The van der Waals surface area contributed by atoms with E-state index in [1.165, 1.54) is 12.1 Å². The van der Waals surface area contributed by atoms with Gasteiger partial charge in [-0.15, -0.1) is 0 Å². The number of hydrogen-bond acceptors (Lipinski definition) is 2. The van der Waals surface area contributed by atoms with Crippen LogP contribution in [0.5, 0.6) is 0 Å². The van der Waals surface area contributed by atoms with Crippen molar-refractivity contribution in [3.05, 3.63) is 29.8 Å². The summed E-state index contributed by atoms with van der Waals surface area (Å²) in [4.78, 5) is 13.6. The Morgan fingerprint density at radius 3 is 2.70 bits per heavy atom. The third-order valence-corrected chi connectivity index (χ3v) is 1.11. The summed E-state index contributed by atoms with van der Waals surface area (Å²) >= 11 is 5.01. The molecular formula is C6H3ClFNO. The van der Waals surface area contributed by atoms with Crippen LogP contribution in [0.1, 0.15) is 10.5 Å². The quantitative estimate of drug-likeness (QED) is 0.460. The highest BCUT2D eigenvalue weighted by Crippen LogP contribution is 2.00. The van der Waals surface area contributed by atoms with Gasteiger partial charge in [0.15, 0.2) is 0 Å². The van der Waals surface area contributed by atoms with Gasteiger partial charge in [0.05, 0.1) is 0 Å². The highest BCUT2D eigenvalue weighted by Gasteiger charge is 2.02. The molecule has 10 heavy (non-hydrogen) atoms. The van der Waals surface area contributed by atoms with Crippen molar-refractivity contribution in [2.75, 3.05) is 0 Å². The molecule has 0 bridgehead atoms. The van der Waals surface area contributed by atoms with Crippen LogP contribution in [0.2, 0.25) is 0 Å². The zero-order chi connectivity index (χ0) is 7.56. The third-order valence-electron chi connectivity index (χ3n) is 0.916. The van der Waals surface area contributed by atoms with E-state index in [2.05, 4.69) is 4.98 Å². The van der Waals surface area contributed by atoms with Crippen LogP contribution in [0.25, 0.3) is 0 Å². The normalized spacial score (nSPS) is 9.40. The summed E-state index contributed by atoms with van der Waals surface area (Å²) in [6, 6.07) is 3.86. The lowest BCUT2D eigenvalue weighted by Gasteiger charge is -1.89. The number of rotatable bonds is 1. The summed E-state index contributed by atoms with van der Waals surface area (Å²) in [7, 11) is 0. The van der Waals surface area contributed by atoms with Gasteiger partial charge in [0.25, 0.3) is 5.24 Å². The van der Waals surface area contributed by atoms with Crippen molar-refractivity contribution in [3.63, 3.8) is 0 Å². The van der Waals surface area contributed by atoms with Crippen molar-refractivity contribution in [2.24, 2.45) is 0 Å². The maximum absolute atomic E-state index is 12.2. The Labute approximate surface area is 61.6 Å². The predicted octanol–water partition coefficient (Wildman–Crippen LogP) is 1.60. The number of aromatic nitrogens is 1. The van der Waals surface area contributed by atoms with Crippen molar-refractivity contribution in [1.29, 1.82) is 0 Å². The molecule has 0 fully saturated rings. The standard InChI is InChI=1S/C6H3ClFNO/c7-6(10)4-2-1-3-5(8)9-4/h1-3H. The second-order valence-corrected chi connectivity index (χ2v) is 1.96. The van der Waals surface area contributed by atoms with Crippen LogP contribution in [0.3, 0.4) is 0 Å².